The Labute approximate surface area is 115 Å². The van der Waals surface area contributed by atoms with Gasteiger partial charge in [-0.1, -0.05) is 13.8 Å². The zero-order valence-corrected chi connectivity index (χ0v) is 12.4. The van der Waals surface area contributed by atoms with Crippen molar-refractivity contribution in [3.63, 3.8) is 0 Å². The molecule has 0 amide bonds. The van der Waals surface area contributed by atoms with Crippen molar-refractivity contribution in [2.45, 2.75) is 50.6 Å². The number of nitrogens with one attached hydrogen (secondary N) is 3. The molecule has 0 aliphatic heterocycles. The third-order valence-corrected chi connectivity index (χ3v) is 4.64. The van der Waals surface area contributed by atoms with E-state index in [4.69, 9.17) is 0 Å². The van der Waals surface area contributed by atoms with E-state index in [0.717, 1.165) is 12.1 Å². The number of rotatable bonds is 8. The maximum Gasteiger partial charge on any atom is 0.242 e. The van der Waals surface area contributed by atoms with Crippen LogP contribution < -0.4 is 10.0 Å². The van der Waals surface area contributed by atoms with Gasteiger partial charge in [-0.3, -0.25) is 0 Å². The second-order valence-electron chi connectivity index (χ2n) is 5.60. The maximum atomic E-state index is 12.0. The molecule has 108 valence electrons. The van der Waals surface area contributed by atoms with Gasteiger partial charge in [0.05, 0.1) is 4.90 Å². The van der Waals surface area contributed by atoms with Gasteiger partial charge in [0.25, 0.3) is 0 Å². The van der Waals surface area contributed by atoms with Crippen LogP contribution in [-0.4, -0.2) is 26.0 Å². The third kappa shape index (κ3) is 4.63. The lowest BCUT2D eigenvalue weighted by molar-refractivity contribution is 0.551. The molecule has 1 fully saturated rings. The van der Waals surface area contributed by atoms with Crippen LogP contribution in [-0.2, 0) is 16.6 Å². The molecule has 1 heterocycles. The second-order valence-corrected chi connectivity index (χ2v) is 7.36. The summed E-state index contributed by atoms with van der Waals surface area (Å²) in [6.07, 6.45) is 4.85. The summed E-state index contributed by atoms with van der Waals surface area (Å²) < 4.78 is 26.7. The average molecular weight is 285 g/mol. The molecular weight excluding hydrogens is 262 g/mol. The van der Waals surface area contributed by atoms with E-state index in [1.807, 2.05) is 0 Å². The van der Waals surface area contributed by atoms with Gasteiger partial charge < -0.3 is 10.3 Å². The number of aromatic amines is 1. The topological polar surface area (TPSA) is 74.0 Å². The summed E-state index contributed by atoms with van der Waals surface area (Å²) >= 11 is 0. The van der Waals surface area contributed by atoms with Crippen molar-refractivity contribution in [2.24, 2.45) is 5.92 Å². The molecule has 1 aromatic heterocycles. The fourth-order valence-electron chi connectivity index (χ4n) is 1.78. The Hall–Kier alpha value is -0.850. The summed E-state index contributed by atoms with van der Waals surface area (Å²) in [5.41, 5.74) is 0.913. The fourth-order valence-corrected chi connectivity index (χ4v) is 2.85. The van der Waals surface area contributed by atoms with Crippen LogP contribution in [0.4, 0.5) is 0 Å². The second kappa shape index (κ2) is 6.07. The number of hydrogen-bond donors (Lipinski definition) is 3. The predicted molar refractivity (Wildman–Crippen MR) is 75.3 cm³/mol. The minimum Gasteiger partial charge on any atom is -0.363 e. The first-order valence-electron chi connectivity index (χ1n) is 6.88. The van der Waals surface area contributed by atoms with E-state index < -0.39 is 10.0 Å². The van der Waals surface area contributed by atoms with Gasteiger partial charge in [0.2, 0.25) is 10.0 Å². The number of hydrogen-bond acceptors (Lipinski definition) is 3. The normalized spacial score (nSPS) is 16.2. The van der Waals surface area contributed by atoms with Crippen LogP contribution in [0.5, 0.6) is 0 Å². The largest absolute Gasteiger partial charge is 0.363 e. The molecular formula is C13H23N3O2S. The highest BCUT2D eigenvalue weighted by Crippen LogP contribution is 2.19. The molecule has 19 heavy (non-hydrogen) atoms. The highest BCUT2D eigenvalue weighted by molar-refractivity contribution is 7.89. The van der Waals surface area contributed by atoms with Crippen LogP contribution in [0, 0.1) is 5.92 Å². The van der Waals surface area contributed by atoms with Gasteiger partial charge in [-0.05, 0) is 31.2 Å². The number of H-pyrrole nitrogens is 1. The molecule has 0 unspecified atom stereocenters. The molecule has 0 spiro atoms. The average Bonchev–Trinajstić information content (AvgIpc) is 3.02. The summed E-state index contributed by atoms with van der Waals surface area (Å²) in [7, 11) is -3.37. The lowest BCUT2D eigenvalue weighted by Gasteiger charge is -2.06. The summed E-state index contributed by atoms with van der Waals surface area (Å²) in [5, 5.41) is 3.35. The van der Waals surface area contributed by atoms with E-state index in [0.29, 0.717) is 29.9 Å². The quantitative estimate of drug-likeness (QED) is 0.679. The monoisotopic (exact) mass is 285 g/mol. The first-order chi connectivity index (χ1) is 8.97. The molecule has 0 aromatic carbocycles. The zero-order chi connectivity index (χ0) is 13.9. The Balaban J connectivity index is 1.87. The van der Waals surface area contributed by atoms with E-state index in [-0.39, 0.29) is 0 Å². The standard InChI is InChI=1S/C13H23N3O2S/c1-10(2)5-6-16-19(17,18)13-7-12(15-9-13)8-14-11-3-4-11/h7,9-11,14-16H,3-6,8H2,1-2H3. The lowest BCUT2D eigenvalue weighted by Crippen LogP contribution is -2.25. The highest BCUT2D eigenvalue weighted by atomic mass is 32.2. The fraction of sp³-hybridized carbons (Fsp3) is 0.692. The van der Waals surface area contributed by atoms with Crippen LogP contribution in [0.2, 0.25) is 0 Å². The highest BCUT2D eigenvalue weighted by Gasteiger charge is 2.21. The number of sulfonamides is 1. The molecule has 5 nitrogen and oxygen atoms in total. The Morgan fingerprint density at radius 3 is 2.79 bits per heavy atom. The minimum atomic E-state index is -3.37. The van der Waals surface area contributed by atoms with E-state index >= 15 is 0 Å². The van der Waals surface area contributed by atoms with E-state index in [2.05, 4.69) is 28.9 Å². The minimum absolute atomic E-state index is 0.323. The summed E-state index contributed by atoms with van der Waals surface area (Å²) in [4.78, 5) is 3.34. The third-order valence-electron chi connectivity index (χ3n) is 3.20. The van der Waals surface area contributed by atoms with Crippen molar-refractivity contribution in [1.82, 2.24) is 15.0 Å². The molecule has 2 rings (SSSR count). The Kier molecular flexibility index (Phi) is 4.65. The van der Waals surface area contributed by atoms with Crippen molar-refractivity contribution in [3.8, 4) is 0 Å². The van der Waals surface area contributed by atoms with Crippen LogP contribution in [0.3, 0.4) is 0 Å². The van der Waals surface area contributed by atoms with Gasteiger partial charge in [0.15, 0.2) is 0 Å². The van der Waals surface area contributed by atoms with Gasteiger partial charge in [-0.25, -0.2) is 13.1 Å². The van der Waals surface area contributed by atoms with Crippen molar-refractivity contribution < 1.29 is 8.42 Å². The first-order valence-corrected chi connectivity index (χ1v) is 8.36. The van der Waals surface area contributed by atoms with E-state index in [9.17, 15) is 8.42 Å². The molecule has 0 atom stereocenters. The van der Waals surface area contributed by atoms with Gasteiger partial charge in [0, 0.05) is 31.0 Å². The van der Waals surface area contributed by atoms with Gasteiger partial charge in [-0.15, -0.1) is 0 Å². The molecule has 0 saturated heterocycles. The van der Waals surface area contributed by atoms with Gasteiger partial charge >= 0.3 is 0 Å². The van der Waals surface area contributed by atoms with E-state index in [1.54, 1.807) is 12.3 Å². The van der Waals surface area contributed by atoms with Crippen LogP contribution in [0.1, 0.15) is 38.8 Å². The maximum absolute atomic E-state index is 12.0. The molecule has 3 N–H and O–H groups in total. The molecule has 1 aliphatic carbocycles. The molecule has 1 aliphatic rings. The van der Waals surface area contributed by atoms with Crippen LogP contribution >= 0.6 is 0 Å². The smallest absolute Gasteiger partial charge is 0.242 e. The predicted octanol–water partition coefficient (Wildman–Crippen LogP) is 1.59. The molecule has 0 bridgehead atoms. The summed E-state index contributed by atoms with van der Waals surface area (Å²) in [6.45, 7) is 5.34. The van der Waals surface area contributed by atoms with Crippen molar-refractivity contribution in [2.75, 3.05) is 6.54 Å². The van der Waals surface area contributed by atoms with E-state index in [1.165, 1.54) is 12.8 Å². The van der Waals surface area contributed by atoms with Crippen molar-refractivity contribution in [3.05, 3.63) is 18.0 Å². The molecule has 6 heteroatoms. The van der Waals surface area contributed by atoms with Crippen LogP contribution in [0.25, 0.3) is 0 Å². The van der Waals surface area contributed by atoms with Gasteiger partial charge in [-0.2, -0.15) is 0 Å². The zero-order valence-electron chi connectivity index (χ0n) is 11.6. The number of aromatic nitrogens is 1. The Morgan fingerprint density at radius 2 is 2.16 bits per heavy atom. The lowest BCUT2D eigenvalue weighted by atomic mass is 10.1. The SMILES string of the molecule is CC(C)CCNS(=O)(=O)c1c[nH]c(CNC2CC2)c1. The van der Waals surface area contributed by atoms with Crippen molar-refractivity contribution in [1.29, 1.82) is 0 Å². The molecule has 1 saturated carbocycles. The summed E-state index contributed by atoms with van der Waals surface area (Å²) in [6, 6.07) is 2.32. The molecule has 1 aromatic rings. The summed E-state index contributed by atoms with van der Waals surface area (Å²) in [5.74, 6) is 0.493. The Bertz CT molecular complexity index is 504. The van der Waals surface area contributed by atoms with Crippen LogP contribution in [0.15, 0.2) is 17.2 Å². The first kappa shape index (κ1) is 14.6. The Morgan fingerprint density at radius 1 is 1.42 bits per heavy atom. The molecule has 0 radical (unpaired) electrons. The van der Waals surface area contributed by atoms with Gasteiger partial charge in [0.1, 0.15) is 0 Å². The van der Waals surface area contributed by atoms with Crippen molar-refractivity contribution >= 4 is 10.0 Å².